The molecular weight excluding hydrogens is 258 g/mol. The van der Waals surface area contributed by atoms with Crippen molar-refractivity contribution in [1.82, 2.24) is 10.6 Å². The molecule has 1 saturated heterocycles. The van der Waals surface area contributed by atoms with Gasteiger partial charge in [0, 0.05) is 25.7 Å². The summed E-state index contributed by atoms with van der Waals surface area (Å²) in [5.41, 5.74) is 1.54. The van der Waals surface area contributed by atoms with E-state index < -0.39 is 0 Å². The summed E-state index contributed by atoms with van der Waals surface area (Å²) in [6.45, 7) is 0.388. The van der Waals surface area contributed by atoms with E-state index in [2.05, 4.69) is 16.0 Å². The summed E-state index contributed by atoms with van der Waals surface area (Å²) < 4.78 is 0. The van der Waals surface area contributed by atoms with E-state index in [-0.39, 0.29) is 30.1 Å². The summed E-state index contributed by atoms with van der Waals surface area (Å²) in [5, 5.41) is 7.95. The molecule has 1 aliphatic heterocycles. The van der Waals surface area contributed by atoms with E-state index in [1.165, 1.54) is 0 Å². The van der Waals surface area contributed by atoms with Crippen LogP contribution in [0.1, 0.15) is 12.0 Å². The molecule has 1 aliphatic rings. The van der Waals surface area contributed by atoms with Crippen LogP contribution in [-0.2, 0) is 20.8 Å². The minimum absolute atomic E-state index is 0.0580. The third kappa shape index (κ3) is 3.57. The molecule has 1 fully saturated rings. The van der Waals surface area contributed by atoms with Crippen LogP contribution < -0.4 is 16.0 Å². The second-order valence-corrected chi connectivity index (χ2v) is 4.74. The lowest BCUT2D eigenvalue weighted by atomic mass is 10.1. The van der Waals surface area contributed by atoms with E-state index in [1.807, 2.05) is 0 Å². The van der Waals surface area contributed by atoms with Crippen molar-refractivity contribution in [2.45, 2.75) is 12.8 Å². The van der Waals surface area contributed by atoms with Crippen molar-refractivity contribution < 1.29 is 14.4 Å². The Bertz CT molecular complexity index is 525. The maximum atomic E-state index is 11.9. The molecule has 1 unspecified atom stereocenters. The summed E-state index contributed by atoms with van der Waals surface area (Å²) in [6, 6.07) is 7.09. The fraction of sp³-hybridized carbons (Fsp3) is 0.357. The molecule has 1 aromatic carbocycles. The predicted octanol–water partition coefficient (Wildman–Crippen LogP) is 0.0497. The van der Waals surface area contributed by atoms with Crippen LogP contribution in [0.4, 0.5) is 5.69 Å². The van der Waals surface area contributed by atoms with Gasteiger partial charge in [-0.1, -0.05) is 12.1 Å². The van der Waals surface area contributed by atoms with Gasteiger partial charge >= 0.3 is 0 Å². The zero-order valence-corrected chi connectivity index (χ0v) is 11.2. The van der Waals surface area contributed by atoms with Crippen LogP contribution in [0.25, 0.3) is 0 Å². The first-order valence-electron chi connectivity index (χ1n) is 6.45. The van der Waals surface area contributed by atoms with Crippen molar-refractivity contribution in [2.75, 3.05) is 18.9 Å². The van der Waals surface area contributed by atoms with Gasteiger partial charge in [-0.25, -0.2) is 0 Å². The van der Waals surface area contributed by atoms with Gasteiger partial charge in [-0.15, -0.1) is 0 Å². The lowest BCUT2D eigenvalue weighted by molar-refractivity contribution is -0.123. The number of carbonyl (C=O) groups is 3. The molecule has 0 aliphatic carbocycles. The van der Waals surface area contributed by atoms with Gasteiger partial charge in [0.15, 0.2) is 0 Å². The second-order valence-electron chi connectivity index (χ2n) is 4.74. The molecule has 0 radical (unpaired) electrons. The topological polar surface area (TPSA) is 87.3 Å². The highest BCUT2D eigenvalue weighted by molar-refractivity contribution is 5.97. The molecule has 20 heavy (non-hydrogen) atoms. The number of carbonyl (C=O) groups excluding carboxylic acids is 3. The van der Waals surface area contributed by atoms with Gasteiger partial charge in [-0.2, -0.15) is 0 Å². The van der Waals surface area contributed by atoms with Gasteiger partial charge in [-0.3, -0.25) is 14.4 Å². The summed E-state index contributed by atoms with van der Waals surface area (Å²) in [6.07, 6.45) is 0.548. The Hall–Kier alpha value is -2.37. The van der Waals surface area contributed by atoms with Crippen LogP contribution in [0.15, 0.2) is 24.3 Å². The van der Waals surface area contributed by atoms with Gasteiger partial charge < -0.3 is 16.0 Å². The molecule has 2 rings (SSSR count). The molecule has 3 N–H and O–H groups in total. The number of rotatable bonds is 4. The molecule has 6 heteroatoms. The highest BCUT2D eigenvalue weighted by Gasteiger charge is 2.27. The highest BCUT2D eigenvalue weighted by Crippen LogP contribution is 2.15. The number of hydrogen-bond acceptors (Lipinski definition) is 3. The minimum Gasteiger partial charge on any atom is -0.359 e. The van der Waals surface area contributed by atoms with Crippen LogP contribution >= 0.6 is 0 Å². The Balaban J connectivity index is 1.91. The first-order valence-corrected chi connectivity index (χ1v) is 6.45. The van der Waals surface area contributed by atoms with Crippen LogP contribution in [-0.4, -0.2) is 31.3 Å². The van der Waals surface area contributed by atoms with Gasteiger partial charge in [0.05, 0.1) is 12.3 Å². The molecular formula is C14H17N3O3. The Labute approximate surface area is 116 Å². The third-order valence-electron chi connectivity index (χ3n) is 3.21. The molecule has 0 spiro atoms. The van der Waals surface area contributed by atoms with Crippen molar-refractivity contribution in [1.29, 1.82) is 0 Å². The molecule has 1 heterocycles. The normalized spacial score (nSPS) is 17.4. The Morgan fingerprint density at radius 1 is 1.30 bits per heavy atom. The molecule has 0 bridgehead atoms. The molecule has 0 saturated carbocycles. The quantitative estimate of drug-likeness (QED) is 0.725. The van der Waals surface area contributed by atoms with Crippen molar-refractivity contribution >= 4 is 23.4 Å². The van der Waals surface area contributed by atoms with Gasteiger partial charge in [0.1, 0.15) is 0 Å². The summed E-state index contributed by atoms with van der Waals surface area (Å²) in [7, 11) is 1.59. The monoisotopic (exact) mass is 275 g/mol. The number of likely N-dealkylation sites (N-methyl/N-ethyl adjacent to an activating group) is 1. The largest absolute Gasteiger partial charge is 0.359 e. The van der Waals surface area contributed by atoms with E-state index in [0.29, 0.717) is 18.7 Å². The number of amides is 3. The fourth-order valence-electron chi connectivity index (χ4n) is 2.01. The fourth-order valence-corrected chi connectivity index (χ4v) is 2.01. The van der Waals surface area contributed by atoms with Crippen LogP contribution in [0.3, 0.4) is 0 Å². The van der Waals surface area contributed by atoms with E-state index in [4.69, 9.17) is 0 Å². The number of anilines is 1. The maximum absolute atomic E-state index is 11.9. The van der Waals surface area contributed by atoms with Crippen LogP contribution in [0.2, 0.25) is 0 Å². The molecule has 1 aromatic rings. The summed E-state index contributed by atoms with van der Waals surface area (Å²) in [4.78, 5) is 34.2. The number of nitrogens with one attached hydrogen (secondary N) is 3. The lowest BCUT2D eigenvalue weighted by Gasteiger charge is -2.09. The zero-order chi connectivity index (χ0) is 14.5. The minimum atomic E-state index is -0.312. The Kier molecular flexibility index (Phi) is 4.34. The average Bonchev–Trinajstić information content (AvgIpc) is 2.87. The first-order chi connectivity index (χ1) is 9.58. The standard InChI is InChI=1S/C14H17N3O3/c1-15-12(18)6-9-2-4-11(5-3-9)17-14(20)10-7-13(19)16-8-10/h2-5,10H,6-8H2,1H3,(H,15,18)(H,16,19)(H,17,20). The number of hydrogen-bond donors (Lipinski definition) is 3. The molecule has 0 aromatic heterocycles. The van der Waals surface area contributed by atoms with Crippen LogP contribution in [0.5, 0.6) is 0 Å². The Morgan fingerprint density at radius 2 is 2.00 bits per heavy atom. The van der Waals surface area contributed by atoms with E-state index in [9.17, 15) is 14.4 Å². The van der Waals surface area contributed by atoms with E-state index >= 15 is 0 Å². The van der Waals surface area contributed by atoms with Gasteiger partial charge in [-0.05, 0) is 17.7 Å². The Morgan fingerprint density at radius 3 is 2.55 bits per heavy atom. The second kappa shape index (κ2) is 6.18. The van der Waals surface area contributed by atoms with E-state index in [1.54, 1.807) is 31.3 Å². The zero-order valence-electron chi connectivity index (χ0n) is 11.2. The maximum Gasteiger partial charge on any atom is 0.229 e. The van der Waals surface area contributed by atoms with Crippen LogP contribution in [0, 0.1) is 5.92 Å². The smallest absolute Gasteiger partial charge is 0.229 e. The predicted molar refractivity (Wildman–Crippen MR) is 74.0 cm³/mol. The van der Waals surface area contributed by atoms with Gasteiger partial charge in [0.25, 0.3) is 0 Å². The lowest BCUT2D eigenvalue weighted by Crippen LogP contribution is -2.24. The molecule has 6 nitrogen and oxygen atoms in total. The summed E-state index contributed by atoms with van der Waals surface area (Å²) in [5.74, 6) is -0.626. The van der Waals surface area contributed by atoms with E-state index in [0.717, 1.165) is 5.56 Å². The summed E-state index contributed by atoms with van der Waals surface area (Å²) >= 11 is 0. The van der Waals surface area contributed by atoms with Crippen molar-refractivity contribution in [3.63, 3.8) is 0 Å². The number of benzene rings is 1. The van der Waals surface area contributed by atoms with Crippen molar-refractivity contribution in [2.24, 2.45) is 5.92 Å². The van der Waals surface area contributed by atoms with Crippen molar-refractivity contribution in [3.05, 3.63) is 29.8 Å². The van der Waals surface area contributed by atoms with Crippen molar-refractivity contribution in [3.8, 4) is 0 Å². The average molecular weight is 275 g/mol. The first kappa shape index (κ1) is 14.0. The molecule has 3 amide bonds. The highest BCUT2D eigenvalue weighted by atomic mass is 16.2. The van der Waals surface area contributed by atoms with Gasteiger partial charge in [0.2, 0.25) is 17.7 Å². The molecule has 106 valence electrons. The third-order valence-corrected chi connectivity index (χ3v) is 3.21. The SMILES string of the molecule is CNC(=O)Cc1ccc(NC(=O)C2CNC(=O)C2)cc1. The molecule has 1 atom stereocenters.